The third-order valence-electron chi connectivity index (χ3n) is 2.02. The SMILES string of the molecule is CCc1nccn1Cc1cccs1. The van der Waals surface area contributed by atoms with Crippen LogP contribution in [0.25, 0.3) is 0 Å². The predicted molar refractivity (Wildman–Crippen MR) is 55.0 cm³/mol. The first-order valence-corrected chi connectivity index (χ1v) is 5.30. The minimum absolute atomic E-state index is 0.959. The molecule has 0 N–H and O–H groups in total. The Hall–Kier alpha value is -1.09. The molecule has 2 rings (SSSR count). The van der Waals surface area contributed by atoms with E-state index in [4.69, 9.17) is 0 Å². The van der Waals surface area contributed by atoms with Crippen LogP contribution in [0.15, 0.2) is 29.9 Å². The molecule has 2 heterocycles. The van der Waals surface area contributed by atoms with Gasteiger partial charge >= 0.3 is 0 Å². The van der Waals surface area contributed by atoms with Crippen molar-refractivity contribution in [3.05, 3.63) is 40.6 Å². The number of rotatable bonds is 3. The summed E-state index contributed by atoms with van der Waals surface area (Å²) in [6, 6.07) is 4.24. The summed E-state index contributed by atoms with van der Waals surface area (Å²) in [5.74, 6) is 1.16. The monoisotopic (exact) mass is 192 g/mol. The molecule has 0 aliphatic carbocycles. The van der Waals surface area contributed by atoms with Crippen LogP contribution < -0.4 is 0 Å². The van der Waals surface area contributed by atoms with Crippen molar-refractivity contribution >= 4 is 11.3 Å². The highest BCUT2D eigenvalue weighted by atomic mass is 32.1. The third kappa shape index (κ3) is 1.80. The van der Waals surface area contributed by atoms with E-state index in [1.54, 1.807) is 11.3 Å². The molecular weight excluding hydrogens is 180 g/mol. The van der Waals surface area contributed by atoms with E-state index < -0.39 is 0 Å². The molecule has 2 aromatic rings. The molecule has 2 aromatic heterocycles. The van der Waals surface area contributed by atoms with Gasteiger partial charge in [-0.2, -0.15) is 0 Å². The van der Waals surface area contributed by atoms with Gasteiger partial charge in [0, 0.05) is 23.7 Å². The van der Waals surface area contributed by atoms with E-state index in [1.165, 1.54) is 4.88 Å². The van der Waals surface area contributed by atoms with Crippen LogP contribution in [0.1, 0.15) is 17.6 Å². The molecule has 68 valence electrons. The molecule has 3 heteroatoms. The molecule has 0 fully saturated rings. The van der Waals surface area contributed by atoms with E-state index in [2.05, 4.69) is 34.0 Å². The van der Waals surface area contributed by atoms with E-state index in [0.29, 0.717) is 0 Å². The Bertz CT molecular complexity index is 362. The number of aryl methyl sites for hydroxylation is 1. The lowest BCUT2D eigenvalue weighted by molar-refractivity contribution is 0.740. The Labute approximate surface area is 81.9 Å². The van der Waals surface area contributed by atoms with Crippen LogP contribution in [0.5, 0.6) is 0 Å². The first-order chi connectivity index (χ1) is 6.40. The Morgan fingerprint density at radius 2 is 2.46 bits per heavy atom. The van der Waals surface area contributed by atoms with Gasteiger partial charge in [0.25, 0.3) is 0 Å². The standard InChI is InChI=1S/C10H12N2S/c1-2-10-11-5-6-12(10)8-9-4-3-7-13-9/h3-7H,2,8H2,1H3. The average Bonchev–Trinajstić information content (AvgIpc) is 2.76. The maximum absolute atomic E-state index is 4.28. The highest BCUT2D eigenvalue weighted by Gasteiger charge is 2.00. The van der Waals surface area contributed by atoms with Crippen LogP contribution in [0.4, 0.5) is 0 Å². The number of hydrogen-bond acceptors (Lipinski definition) is 2. The van der Waals surface area contributed by atoms with Crippen molar-refractivity contribution in [1.82, 2.24) is 9.55 Å². The second-order valence-corrected chi connectivity index (χ2v) is 3.94. The molecule has 0 aliphatic rings. The van der Waals surface area contributed by atoms with E-state index in [1.807, 2.05) is 12.4 Å². The zero-order chi connectivity index (χ0) is 9.10. The fraction of sp³-hybridized carbons (Fsp3) is 0.300. The fourth-order valence-electron chi connectivity index (χ4n) is 1.37. The summed E-state index contributed by atoms with van der Waals surface area (Å²) >= 11 is 1.79. The lowest BCUT2D eigenvalue weighted by atomic mass is 10.4. The highest BCUT2D eigenvalue weighted by molar-refractivity contribution is 7.09. The van der Waals surface area contributed by atoms with E-state index in [0.717, 1.165) is 18.8 Å². The van der Waals surface area contributed by atoms with Crippen LogP contribution in [0.3, 0.4) is 0 Å². The fourth-order valence-corrected chi connectivity index (χ4v) is 2.07. The molecule has 13 heavy (non-hydrogen) atoms. The van der Waals surface area contributed by atoms with E-state index in [-0.39, 0.29) is 0 Å². The lowest BCUT2D eigenvalue weighted by Crippen LogP contribution is -2.01. The molecule has 0 bridgehead atoms. The first kappa shape index (κ1) is 8.51. The molecule has 0 aromatic carbocycles. The van der Waals surface area contributed by atoms with Gasteiger partial charge in [-0.05, 0) is 11.4 Å². The minimum atomic E-state index is 0.959. The summed E-state index contributed by atoms with van der Waals surface area (Å²) in [6.45, 7) is 3.09. The normalized spacial score (nSPS) is 10.5. The van der Waals surface area contributed by atoms with Gasteiger partial charge < -0.3 is 4.57 Å². The van der Waals surface area contributed by atoms with Gasteiger partial charge in [0.05, 0.1) is 6.54 Å². The quantitative estimate of drug-likeness (QED) is 0.730. The van der Waals surface area contributed by atoms with Crippen molar-refractivity contribution < 1.29 is 0 Å². The van der Waals surface area contributed by atoms with Gasteiger partial charge in [-0.25, -0.2) is 4.98 Å². The van der Waals surface area contributed by atoms with Crippen molar-refractivity contribution in [3.63, 3.8) is 0 Å². The molecule has 0 radical (unpaired) electrons. The van der Waals surface area contributed by atoms with Crippen LogP contribution in [-0.2, 0) is 13.0 Å². The predicted octanol–water partition coefficient (Wildman–Crippen LogP) is 2.56. The Balaban J connectivity index is 2.18. The number of hydrogen-bond donors (Lipinski definition) is 0. The minimum Gasteiger partial charge on any atom is -0.330 e. The molecule has 0 atom stereocenters. The van der Waals surface area contributed by atoms with Crippen molar-refractivity contribution in [3.8, 4) is 0 Å². The molecule has 0 aliphatic heterocycles. The molecular formula is C10H12N2S. The van der Waals surface area contributed by atoms with Crippen LogP contribution >= 0.6 is 11.3 Å². The van der Waals surface area contributed by atoms with Crippen LogP contribution in [0.2, 0.25) is 0 Å². The molecule has 0 saturated heterocycles. The average molecular weight is 192 g/mol. The van der Waals surface area contributed by atoms with Crippen LogP contribution in [0, 0.1) is 0 Å². The largest absolute Gasteiger partial charge is 0.330 e. The summed E-state index contributed by atoms with van der Waals surface area (Å²) in [7, 11) is 0. The Morgan fingerprint density at radius 1 is 1.54 bits per heavy atom. The number of nitrogens with zero attached hydrogens (tertiary/aromatic N) is 2. The van der Waals surface area contributed by atoms with Crippen molar-refractivity contribution in [2.45, 2.75) is 19.9 Å². The Kier molecular flexibility index (Phi) is 2.45. The summed E-state index contributed by atoms with van der Waals surface area (Å²) < 4.78 is 2.20. The second kappa shape index (κ2) is 3.75. The van der Waals surface area contributed by atoms with Gasteiger partial charge in [-0.3, -0.25) is 0 Å². The topological polar surface area (TPSA) is 17.8 Å². The lowest BCUT2D eigenvalue weighted by Gasteiger charge is -2.03. The van der Waals surface area contributed by atoms with Gasteiger partial charge in [0.1, 0.15) is 5.82 Å². The smallest absolute Gasteiger partial charge is 0.108 e. The molecule has 0 spiro atoms. The molecule has 0 saturated carbocycles. The molecule has 0 amide bonds. The number of thiophene rings is 1. The Morgan fingerprint density at radius 3 is 3.15 bits per heavy atom. The summed E-state index contributed by atoms with van der Waals surface area (Å²) in [6.07, 6.45) is 4.91. The summed E-state index contributed by atoms with van der Waals surface area (Å²) in [4.78, 5) is 5.66. The maximum atomic E-state index is 4.28. The molecule has 0 unspecified atom stereocenters. The molecule has 2 nitrogen and oxygen atoms in total. The summed E-state index contributed by atoms with van der Waals surface area (Å²) in [5.41, 5.74) is 0. The van der Waals surface area contributed by atoms with E-state index >= 15 is 0 Å². The zero-order valence-electron chi connectivity index (χ0n) is 7.60. The highest BCUT2D eigenvalue weighted by Crippen LogP contribution is 2.11. The van der Waals surface area contributed by atoms with Crippen molar-refractivity contribution in [2.75, 3.05) is 0 Å². The van der Waals surface area contributed by atoms with Crippen molar-refractivity contribution in [2.24, 2.45) is 0 Å². The van der Waals surface area contributed by atoms with Gasteiger partial charge in [-0.15, -0.1) is 11.3 Å². The maximum Gasteiger partial charge on any atom is 0.108 e. The third-order valence-corrected chi connectivity index (χ3v) is 2.89. The summed E-state index contributed by atoms with van der Waals surface area (Å²) in [5, 5.41) is 2.11. The first-order valence-electron chi connectivity index (χ1n) is 4.42. The van der Waals surface area contributed by atoms with Crippen LogP contribution in [-0.4, -0.2) is 9.55 Å². The second-order valence-electron chi connectivity index (χ2n) is 2.90. The van der Waals surface area contributed by atoms with Gasteiger partial charge in [-0.1, -0.05) is 13.0 Å². The number of aromatic nitrogens is 2. The number of imidazole rings is 1. The van der Waals surface area contributed by atoms with Crippen molar-refractivity contribution in [1.29, 1.82) is 0 Å². The van der Waals surface area contributed by atoms with Gasteiger partial charge in [0.15, 0.2) is 0 Å². The zero-order valence-corrected chi connectivity index (χ0v) is 8.42. The van der Waals surface area contributed by atoms with E-state index in [9.17, 15) is 0 Å². The van der Waals surface area contributed by atoms with Gasteiger partial charge in [0.2, 0.25) is 0 Å².